The molecule has 0 bridgehead atoms. The maximum absolute atomic E-state index is 2.43. The molecule has 0 radical (unpaired) electrons. The molecule has 0 aliphatic heterocycles. The van der Waals surface area contributed by atoms with Gasteiger partial charge in [-0.1, -0.05) is 97.1 Å². The third-order valence-electron chi connectivity index (χ3n) is 9.21. The third kappa shape index (κ3) is 3.72. The number of thiophene rings is 2. The van der Waals surface area contributed by atoms with Crippen LogP contribution in [0.25, 0.3) is 72.7 Å². The molecular weight excluding hydrogens is 583 g/mol. The molecule has 0 N–H and O–H groups in total. The minimum Gasteiger partial charge on any atom is -0.310 e. The van der Waals surface area contributed by atoms with E-state index >= 15 is 0 Å². The molecule has 0 aliphatic carbocycles. The van der Waals surface area contributed by atoms with Crippen LogP contribution in [0, 0.1) is 0 Å². The lowest BCUT2D eigenvalue weighted by molar-refractivity contribution is 1.31. The molecule has 210 valence electrons. The lowest BCUT2D eigenvalue weighted by atomic mass is 9.94. The molecule has 0 atom stereocenters. The fraction of sp³-hybridized carbons (Fsp3) is 0. The fourth-order valence-electron chi connectivity index (χ4n) is 7.27. The van der Waals surface area contributed by atoms with E-state index in [-0.39, 0.29) is 0 Å². The zero-order valence-corrected chi connectivity index (χ0v) is 25.8. The first-order valence-electron chi connectivity index (χ1n) is 15.3. The first-order valence-corrected chi connectivity index (χ1v) is 16.9. The van der Waals surface area contributed by atoms with Gasteiger partial charge in [0.15, 0.2) is 0 Å². The lowest BCUT2D eigenvalue weighted by Gasteiger charge is -2.27. The Balaban J connectivity index is 1.24. The number of hydrogen-bond acceptors (Lipinski definition) is 3. The number of rotatable bonds is 3. The third-order valence-corrected chi connectivity index (χ3v) is 11.5. The minimum absolute atomic E-state index is 1.15. The van der Waals surface area contributed by atoms with Crippen LogP contribution in [0.3, 0.4) is 0 Å². The Morgan fingerprint density at radius 1 is 0.333 bits per heavy atom. The number of fused-ring (bicyclic) bond motifs is 12. The maximum atomic E-state index is 2.43. The number of nitrogens with zero attached hydrogens (tertiary/aromatic N) is 1. The topological polar surface area (TPSA) is 3.24 Å². The second kappa shape index (κ2) is 9.64. The van der Waals surface area contributed by atoms with Gasteiger partial charge in [0.05, 0.1) is 5.69 Å². The average Bonchev–Trinajstić information content (AvgIpc) is 3.67. The smallest absolute Gasteiger partial charge is 0.0554 e. The van der Waals surface area contributed by atoms with Gasteiger partial charge in [0.2, 0.25) is 0 Å². The van der Waals surface area contributed by atoms with Crippen molar-refractivity contribution < 1.29 is 0 Å². The zero-order valence-electron chi connectivity index (χ0n) is 24.2. The van der Waals surface area contributed by atoms with Crippen molar-refractivity contribution in [2.75, 3.05) is 4.90 Å². The SMILES string of the molecule is c1ccc(N(c2ccc3c(ccc4ccc5c(ccc6sc7ccccc7c65)c43)c2)c2cccc3sc4ccccc4c23)cc1. The Labute approximate surface area is 267 Å². The largest absolute Gasteiger partial charge is 0.310 e. The molecule has 2 aromatic heterocycles. The van der Waals surface area contributed by atoms with Gasteiger partial charge in [-0.3, -0.25) is 0 Å². The highest BCUT2D eigenvalue weighted by molar-refractivity contribution is 7.26. The number of para-hydroxylation sites is 1. The molecule has 8 aromatic carbocycles. The highest BCUT2D eigenvalue weighted by atomic mass is 32.1. The molecule has 3 heteroatoms. The molecule has 0 fully saturated rings. The first-order chi connectivity index (χ1) is 22.3. The molecule has 2 heterocycles. The van der Waals surface area contributed by atoms with Crippen LogP contribution >= 0.6 is 22.7 Å². The Bertz CT molecular complexity index is 2770. The summed E-state index contributed by atoms with van der Waals surface area (Å²) < 4.78 is 5.31. The Kier molecular flexibility index (Phi) is 5.39. The number of benzene rings is 8. The monoisotopic (exact) mass is 607 g/mol. The summed E-state index contributed by atoms with van der Waals surface area (Å²) in [6.07, 6.45) is 0. The Morgan fingerprint density at radius 3 is 1.76 bits per heavy atom. The van der Waals surface area contributed by atoms with E-state index in [0.29, 0.717) is 0 Å². The van der Waals surface area contributed by atoms with E-state index < -0.39 is 0 Å². The second-order valence-electron chi connectivity index (χ2n) is 11.7. The van der Waals surface area contributed by atoms with Crippen LogP contribution < -0.4 is 4.90 Å². The number of hydrogen-bond donors (Lipinski definition) is 0. The molecule has 0 unspecified atom stereocenters. The summed E-state index contributed by atoms with van der Waals surface area (Å²) in [5.41, 5.74) is 3.51. The van der Waals surface area contributed by atoms with Gasteiger partial charge in [0, 0.05) is 51.7 Å². The van der Waals surface area contributed by atoms with Crippen LogP contribution in [0.4, 0.5) is 17.1 Å². The normalized spacial score (nSPS) is 12.0. The molecule has 10 rings (SSSR count). The van der Waals surface area contributed by atoms with Gasteiger partial charge in [0.25, 0.3) is 0 Å². The van der Waals surface area contributed by atoms with Gasteiger partial charge >= 0.3 is 0 Å². The van der Waals surface area contributed by atoms with Gasteiger partial charge in [-0.05, 0) is 86.9 Å². The van der Waals surface area contributed by atoms with Crippen molar-refractivity contribution in [1.82, 2.24) is 0 Å². The maximum Gasteiger partial charge on any atom is 0.0554 e. The van der Waals surface area contributed by atoms with Gasteiger partial charge < -0.3 is 4.90 Å². The van der Waals surface area contributed by atoms with E-state index in [0.717, 1.165) is 11.4 Å². The molecule has 45 heavy (non-hydrogen) atoms. The summed E-state index contributed by atoms with van der Waals surface area (Å²) in [5, 5.41) is 13.1. The predicted octanol–water partition coefficient (Wildman–Crippen LogP) is 13.4. The molecule has 10 aromatic rings. The van der Waals surface area contributed by atoms with Crippen LogP contribution in [-0.4, -0.2) is 0 Å². The summed E-state index contributed by atoms with van der Waals surface area (Å²) >= 11 is 3.75. The fourth-order valence-corrected chi connectivity index (χ4v) is 9.51. The molecule has 0 saturated heterocycles. The summed E-state index contributed by atoms with van der Waals surface area (Å²) in [6, 6.07) is 55.9. The van der Waals surface area contributed by atoms with Crippen molar-refractivity contribution in [2.24, 2.45) is 0 Å². The average molecular weight is 608 g/mol. The van der Waals surface area contributed by atoms with Crippen molar-refractivity contribution in [2.45, 2.75) is 0 Å². The van der Waals surface area contributed by atoms with Crippen LogP contribution in [0.2, 0.25) is 0 Å². The van der Waals surface area contributed by atoms with E-state index in [1.165, 1.54) is 78.3 Å². The van der Waals surface area contributed by atoms with Gasteiger partial charge in [-0.25, -0.2) is 0 Å². The minimum atomic E-state index is 1.15. The van der Waals surface area contributed by atoms with E-state index in [4.69, 9.17) is 0 Å². The second-order valence-corrected chi connectivity index (χ2v) is 13.9. The summed E-state index contributed by atoms with van der Waals surface area (Å²) in [5.74, 6) is 0. The zero-order chi connectivity index (χ0) is 29.5. The predicted molar refractivity (Wildman–Crippen MR) is 199 cm³/mol. The summed E-state index contributed by atoms with van der Waals surface area (Å²) in [7, 11) is 0. The van der Waals surface area contributed by atoms with Crippen molar-refractivity contribution >= 4 is 112 Å². The molecular formula is C42H25NS2. The van der Waals surface area contributed by atoms with E-state index in [1.807, 2.05) is 22.7 Å². The van der Waals surface area contributed by atoms with Crippen LogP contribution in [0.1, 0.15) is 0 Å². The summed E-state index contributed by atoms with van der Waals surface area (Å²) in [6.45, 7) is 0. The molecule has 0 saturated carbocycles. The standard InChI is InChI=1S/C42H25NS2/c1-2-9-28(10-3-1)43(35-13-8-16-38-42(35)34-12-5-7-15-37(34)44-38)29-20-22-30-27(25-29)18-17-26-19-21-32-31(40(26)30)23-24-39-41(32)33-11-4-6-14-36(33)45-39/h1-25H. The van der Waals surface area contributed by atoms with E-state index in [1.54, 1.807) is 0 Å². The summed E-state index contributed by atoms with van der Waals surface area (Å²) in [4.78, 5) is 2.43. The van der Waals surface area contributed by atoms with Crippen LogP contribution in [0.5, 0.6) is 0 Å². The lowest BCUT2D eigenvalue weighted by Crippen LogP contribution is -2.10. The van der Waals surface area contributed by atoms with E-state index in [9.17, 15) is 0 Å². The highest BCUT2D eigenvalue weighted by Gasteiger charge is 2.19. The van der Waals surface area contributed by atoms with Crippen LogP contribution in [0.15, 0.2) is 152 Å². The molecule has 1 nitrogen and oxygen atoms in total. The van der Waals surface area contributed by atoms with Crippen molar-refractivity contribution in [3.8, 4) is 0 Å². The molecule has 0 aliphatic rings. The first kappa shape index (κ1) is 25.1. The quantitative estimate of drug-likeness (QED) is 0.181. The van der Waals surface area contributed by atoms with E-state index in [2.05, 4.69) is 157 Å². The van der Waals surface area contributed by atoms with Gasteiger partial charge in [0.1, 0.15) is 0 Å². The van der Waals surface area contributed by atoms with Gasteiger partial charge in [-0.15, -0.1) is 22.7 Å². The van der Waals surface area contributed by atoms with Crippen LogP contribution in [-0.2, 0) is 0 Å². The highest BCUT2D eigenvalue weighted by Crippen LogP contribution is 2.46. The number of anilines is 3. The molecule has 0 spiro atoms. The van der Waals surface area contributed by atoms with Crippen molar-refractivity contribution in [3.05, 3.63) is 152 Å². The Hall–Kier alpha value is -5.22. The van der Waals surface area contributed by atoms with Crippen molar-refractivity contribution in [1.29, 1.82) is 0 Å². The van der Waals surface area contributed by atoms with Gasteiger partial charge in [-0.2, -0.15) is 0 Å². The Morgan fingerprint density at radius 2 is 0.933 bits per heavy atom. The van der Waals surface area contributed by atoms with Crippen molar-refractivity contribution in [3.63, 3.8) is 0 Å². The molecule has 0 amide bonds.